The molecule has 2 heterocycles. The van der Waals surface area contributed by atoms with Crippen LogP contribution in [0, 0.1) is 0 Å². The summed E-state index contributed by atoms with van der Waals surface area (Å²) < 4.78 is 30.9. The fourth-order valence-corrected chi connectivity index (χ4v) is 3.49. The summed E-state index contributed by atoms with van der Waals surface area (Å²) in [5.41, 5.74) is 1.34. The van der Waals surface area contributed by atoms with Gasteiger partial charge in [-0.25, -0.2) is 4.79 Å². The lowest BCUT2D eigenvalue weighted by molar-refractivity contribution is 0.0511. The minimum Gasteiger partial charge on any atom is -0.497 e. The Morgan fingerprint density at radius 2 is 1.60 bits per heavy atom. The standard InChI is InChI=1S/C26H35N3O6/c1-6-10-16-33-23-21(25-28-27-20(8-3)35-25)29(18-12-14-19(31-5)15-13-18)22(26(30)32-9-4)24(23)34-17-11-7-2/h12-15H,6-11,16-17H2,1-5H3. The third-order valence-corrected chi connectivity index (χ3v) is 5.34. The second-order valence-corrected chi connectivity index (χ2v) is 7.87. The van der Waals surface area contributed by atoms with Crippen molar-refractivity contribution in [2.45, 2.75) is 59.8 Å². The number of ether oxygens (including phenoxy) is 4. The van der Waals surface area contributed by atoms with Crippen molar-refractivity contribution < 1.29 is 28.2 Å². The fraction of sp³-hybridized carbons (Fsp3) is 0.500. The molecule has 0 bridgehead atoms. The van der Waals surface area contributed by atoms with E-state index in [2.05, 4.69) is 24.0 Å². The lowest BCUT2D eigenvalue weighted by Gasteiger charge is -2.12. The molecule has 35 heavy (non-hydrogen) atoms. The molecule has 9 heteroatoms. The van der Waals surface area contributed by atoms with Crippen LogP contribution >= 0.6 is 0 Å². The van der Waals surface area contributed by atoms with Crippen LogP contribution < -0.4 is 14.2 Å². The summed E-state index contributed by atoms with van der Waals surface area (Å²) in [6.45, 7) is 8.93. The van der Waals surface area contributed by atoms with Gasteiger partial charge in [-0.05, 0) is 44.0 Å². The highest BCUT2D eigenvalue weighted by Gasteiger charge is 2.35. The minimum atomic E-state index is -0.531. The molecule has 0 aliphatic heterocycles. The number of carbonyl (C=O) groups is 1. The second-order valence-electron chi connectivity index (χ2n) is 7.87. The van der Waals surface area contributed by atoms with E-state index in [1.54, 1.807) is 18.6 Å². The first-order chi connectivity index (χ1) is 17.1. The number of aryl methyl sites for hydroxylation is 1. The van der Waals surface area contributed by atoms with E-state index in [0.29, 0.717) is 54.2 Å². The average molecular weight is 486 g/mol. The van der Waals surface area contributed by atoms with Gasteiger partial charge in [-0.2, -0.15) is 0 Å². The molecule has 0 unspecified atom stereocenters. The van der Waals surface area contributed by atoms with Gasteiger partial charge in [-0.1, -0.05) is 33.6 Å². The Labute approximate surface area is 206 Å². The molecule has 0 saturated heterocycles. The van der Waals surface area contributed by atoms with E-state index in [0.717, 1.165) is 25.7 Å². The van der Waals surface area contributed by atoms with Crippen LogP contribution in [0.15, 0.2) is 28.7 Å². The minimum absolute atomic E-state index is 0.211. The normalized spacial score (nSPS) is 10.9. The van der Waals surface area contributed by atoms with E-state index in [9.17, 15) is 4.79 Å². The van der Waals surface area contributed by atoms with Gasteiger partial charge in [-0.15, -0.1) is 10.2 Å². The number of unbranched alkanes of at least 4 members (excludes halogenated alkanes) is 2. The third-order valence-electron chi connectivity index (χ3n) is 5.34. The molecule has 0 radical (unpaired) electrons. The Hall–Kier alpha value is -3.49. The number of nitrogens with zero attached hydrogens (tertiary/aromatic N) is 3. The molecule has 1 aromatic carbocycles. The van der Waals surface area contributed by atoms with Gasteiger partial charge in [-0.3, -0.25) is 4.57 Å². The Kier molecular flexibility index (Phi) is 9.57. The van der Waals surface area contributed by atoms with Crippen molar-refractivity contribution in [2.75, 3.05) is 26.9 Å². The Bertz CT molecular complexity index is 1090. The van der Waals surface area contributed by atoms with Crippen LogP contribution in [0.1, 0.15) is 69.8 Å². The first kappa shape index (κ1) is 26.1. The zero-order valence-electron chi connectivity index (χ0n) is 21.3. The molecular weight excluding hydrogens is 450 g/mol. The summed E-state index contributed by atoms with van der Waals surface area (Å²) in [4.78, 5) is 13.3. The van der Waals surface area contributed by atoms with Crippen LogP contribution in [-0.2, 0) is 11.2 Å². The van der Waals surface area contributed by atoms with E-state index in [4.69, 9.17) is 23.4 Å². The first-order valence-corrected chi connectivity index (χ1v) is 12.3. The number of rotatable bonds is 14. The van der Waals surface area contributed by atoms with E-state index in [-0.39, 0.29) is 18.2 Å². The van der Waals surface area contributed by atoms with Crippen molar-refractivity contribution in [3.8, 4) is 34.5 Å². The molecule has 2 aromatic heterocycles. The zero-order chi connectivity index (χ0) is 25.2. The highest BCUT2D eigenvalue weighted by molar-refractivity contribution is 5.96. The summed E-state index contributed by atoms with van der Waals surface area (Å²) in [5, 5.41) is 8.42. The van der Waals surface area contributed by atoms with Crippen LogP contribution in [0.2, 0.25) is 0 Å². The molecule has 0 amide bonds. The van der Waals surface area contributed by atoms with Gasteiger partial charge in [0.05, 0.1) is 26.9 Å². The van der Waals surface area contributed by atoms with Crippen LogP contribution in [0.5, 0.6) is 17.2 Å². The second kappa shape index (κ2) is 12.8. The smallest absolute Gasteiger partial charge is 0.359 e. The molecular formula is C26H35N3O6. The van der Waals surface area contributed by atoms with E-state index < -0.39 is 5.97 Å². The molecule has 0 saturated carbocycles. The van der Waals surface area contributed by atoms with Crippen molar-refractivity contribution in [1.82, 2.24) is 14.8 Å². The molecule has 0 atom stereocenters. The van der Waals surface area contributed by atoms with Gasteiger partial charge >= 0.3 is 5.97 Å². The Morgan fingerprint density at radius 1 is 0.943 bits per heavy atom. The van der Waals surface area contributed by atoms with E-state index in [1.807, 2.05) is 31.2 Å². The molecule has 9 nitrogen and oxygen atoms in total. The molecule has 0 N–H and O–H groups in total. The van der Waals surface area contributed by atoms with Crippen LogP contribution in [0.3, 0.4) is 0 Å². The molecule has 190 valence electrons. The number of methoxy groups -OCH3 is 1. The lowest BCUT2D eigenvalue weighted by Crippen LogP contribution is -2.14. The van der Waals surface area contributed by atoms with Crippen molar-refractivity contribution in [3.05, 3.63) is 35.9 Å². The number of carbonyl (C=O) groups excluding carboxylic acids is 1. The number of esters is 1. The van der Waals surface area contributed by atoms with E-state index in [1.165, 1.54) is 0 Å². The van der Waals surface area contributed by atoms with Gasteiger partial charge in [0.25, 0.3) is 5.89 Å². The lowest BCUT2D eigenvalue weighted by atomic mass is 10.2. The summed E-state index contributed by atoms with van der Waals surface area (Å²) in [7, 11) is 1.60. The highest BCUT2D eigenvalue weighted by atomic mass is 16.5. The van der Waals surface area contributed by atoms with Crippen molar-refractivity contribution >= 4 is 5.97 Å². The number of benzene rings is 1. The van der Waals surface area contributed by atoms with Gasteiger partial charge in [0.15, 0.2) is 22.9 Å². The Morgan fingerprint density at radius 3 is 2.14 bits per heavy atom. The number of hydrogen-bond acceptors (Lipinski definition) is 8. The maximum atomic E-state index is 13.3. The summed E-state index contributed by atoms with van der Waals surface area (Å²) in [6, 6.07) is 7.31. The van der Waals surface area contributed by atoms with Gasteiger partial charge in [0.2, 0.25) is 5.89 Å². The highest BCUT2D eigenvalue weighted by Crippen LogP contribution is 2.46. The van der Waals surface area contributed by atoms with Crippen LogP contribution in [0.25, 0.3) is 17.3 Å². The van der Waals surface area contributed by atoms with Gasteiger partial charge in [0.1, 0.15) is 5.75 Å². The summed E-state index contributed by atoms with van der Waals surface area (Å²) in [5.74, 6) is 1.57. The summed E-state index contributed by atoms with van der Waals surface area (Å²) in [6.07, 6.45) is 4.12. The SMILES string of the molecule is CCCCOc1c(OCCCC)c(-c2nnc(CC)o2)n(-c2ccc(OC)cc2)c1C(=O)OCC. The number of hydrogen-bond donors (Lipinski definition) is 0. The predicted molar refractivity (Wildman–Crippen MR) is 132 cm³/mol. The largest absolute Gasteiger partial charge is 0.497 e. The maximum Gasteiger partial charge on any atom is 0.359 e. The van der Waals surface area contributed by atoms with E-state index >= 15 is 0 Å². The van der Waals surface area contributed by atoms with Crippen LogP contribution in [-0.4, -0.2) is 47.7 Å². The zero-order valence-corrected chi connectivity index (χ0v) is 21.3. The molecule has 3 aromatic rings. The molecule has 0 aliphatic rings. The quantitative estimate of drug-likeness (QED) is 0.214. The first-order valence-electron chi connectivity index (χ1n) is 12.3. The maximum absolute atomic E-state index is 13.3. The van der Waals surface area contributed by atoms with Crippen molar-refractivity contribution in [3.63, 3.8) is 0 Å². The van der Waals surface area contributed by atoms with Gasteiger partial charge < -0.3 is 23.4 Å². The average Bonchev–Trinajstić information content (AvgIpc) is 3.47. The van der Waals surface area contributed by atoms with Crippen LogP contribution in [0.4, 0.5) is 0 Å². The van der Waals surface area contributed by atoms with Crippen molar-refractivity contribution in [2.24, 2.45) is 0 Å². The van der Waals surface area contributed by atoms with Crippen molar-refractivity contribution in [1.29, 1.82) is 0 Å². The molecule has 0 aliphatic carbocycles. The Balaban J connectivity index is 2.33. The summed E-state index contributed by atoms with van der Waals surface area (Å²) >= 11 is 0. The third kappa shape index (κ3) is 5.96. The fourth-order valence-electron chi connectivity index (χ4n) is 3.49. The predicted octanol–water partition coefficient (Wildman–Crippen LogP) is 5.63. The topological polar surface area (TPSA) is 97.8 Å². The monoisotopic (exact) mass is 485 g/mol. The molecule has 0 fully saturated rings. The molecule has 0 spiro atoms. The number of aromatic nitrogens is 3. The van der Waals surface area contributed by atoms with Gasteiger partial charge in [0, 0.05) is 12.1 Å². The molecule has 3 rings (SSSR count).